The van der Waals surface area contributed by atoms with Crippen molar-refractivity contribution in [3.05, 3.63) is 96.5 Å². The number of anilines is 5. The van der Waals surface area contributed by atoms with Gasteiger partial charge in [0.15, 0.2) is 11.4 Å². The average Bonchev–Trinajstić information content (AvgIpc) is 3.56. The summed E-state index contributed by atoms with van der Waals surface area (Å²) in [5.41, 5.74) is 4.96. The lowest BCUT2D eigenvalue weighted by Gasteiger charge is -2.29. The molecule has 7 rings (SSSR count). The Morgan fingerprint density at radius 2 is 1.73 bits per heavy atom. The second-order valence-electron chi connectivity index (χ2n) is 12.2. The summed E-state index contributed by atoms with van der Waals surface area (Å²) in [5.74, 6) is -0.788. The van der Waals surface area contributed by atoms with Gasteiger partial charge in [-0.15, -0.1) is 0 Å². The van der Waals surface area contributed by atoms with E-state index in [-0.39, 0.29) is 23.5 Å². The van der Waals surface area contributed by atoms with Crippen molar-refractivity contribution in [1.82, 2.24) is 20.2 Å². The van der Waals surface area contributed by atoms with Gasteiger partial charge in [-0.25, -0.2) is 9.37 Å². The van der Waals surface area contributed by atoms with Crippen molar-refractivity contribution in [1.29, 1.82) is 0 Å². The van der Waals surface area contributed by atoms with Gasteiger partial charge in [0.2, 0.25) is 5.95 Å². The van der Waals surface area contributed by atoms with Gasteiger partial charge < -0.3 is 25.2 Å². The molecule has 11 nitrogen and oxygen atoms in total. The maximum absolute atomic E-state index is 15.2. The summed E-state index contributed by atoms with van der Waals surface area (Å²) in [6.45, 7) is 7.87. The molecule has 0 saturated carbocycles. The highest BCUT2D eigenvalue weighted by Gasteiger charge is 2.23. The van der Waals surface area contributed by atoms with Crippen LogP contribution in [-0.2, 0) is 16.0 Å². The van der Waals surface area contributed by atoms with Crippen LogP contribution < -0.4 is 20.4 Å². The fourth-order valence-electron chi connectivity index (χ4n) is 6.36. The van der Waals surface area contributed by atoms with E-state index in [0.29, 0.717) is 60.3 Å². The number of morpholine rings is 1. The number of carbonyl (C=O) groups is 2. The Morgan fingerprint density at radius 1 is 0.918 bits per heavy atom. The molecular weight excluding hydrogens is 623 g/mol. The van der Waals surface area contributed by atoms with Crippen LogP contribution in [0.4, 0.5) is 33.1 Å². The van der Waals surface area contributed by atoms with Crippen LogP contribution in [0.3, 0.4) is 0 Å². The van der Waals surface area contributed by atoms with Gasteiger partial charge in [0.25, 0.3) is 5.91 Å². The standard InChI is InChI=1S/C37H37FN8O3/c1-2-29(47)21-24-8-6-9-25(20-24)33-32-34(36(48)39-27-12-13-31(30(38)23-27)46-16-18-49-19-17-46)43-44-35(32)42-37(41-33)40-26-10-7-11-28(22-26)45-14-4-3-5-15-45/h2,6-13,20,22-23H,1,3-5,14-19,21H2,(H,39,48)(H2,40,41,42,43,44). The number of aromatic amines is 1. The molecule has 5 aromatic rings. The van der Waals surface area contributed by atoms with Gasteiger partial charge in [-0.1, -0.05) is 30.8 Å². The number of aromatic nitrogens is 4. The molecule has 2 aliphatic heterocycles. The first kappa shape index (κ1) is 32.0. The molecule has 2 aliphatic rings. The van der Waals surface area contributed by atoms with Crippen molar-refractivity contribution < 1.29 is 18.7 Å². The molecule has 3 N–H and O–H groups in total. The van der Waals surface area contributed by atoms with E-state index in [1.165, 1.54) is 31.4 Å². The molecule has 0 bridgehead atoms. The third-order valence-electron chi connectivity index (χ3n) is 8.83. The fourth-order valence-corrected chi connectivity index (χ4v) is 6.36. The Balaban J connectivity index is 1.23. The maximum Gasteiger partial charge on any atom is 0.274 e. The number of rotatable bonds is 10. The monoisotopic (exact) mass is 660 g/mol. The van der Waals surface area contributed by atoms with Gasteiger partial charge in [0, 0.05) is 55.2 Å². The van der Waals surface area contributed by atoms with Gasteiger partial charge in [0.05, 0.1) is 30.0 Å². The number of nitrogens with zero attached hydrogens (tertiary/aromatic N) is 5. The number of hydrogen-bond acceptors (Lipinski definition) is 9. The van der Waals surface area contributed by atoms with Crippen molar-refractivity contribution in [3.8, 4) is 11.3 Å². The molecule has 2 fully saturated rings. The minimum absolute atomic E-state index is 0.115. The first-order valence-corrected chi connectivity index (χ1v) is 16.5. The summed E-state index contributed by atoms with van der Waals surface area (Å²) < 4.78 is 20.5. The number of benzene rings is 3. The molecule has 0 spiro atoms. The highest BCUT2D eigenvalue weighted by atomic mass is 19.1. The van der Waals surface area contributed by atoms with Gasteiger partial charge in [-0.2, -0.15) is 10.1 Å². The molecule has 2 aromatic heterocycles. The molecule has 0 unspecified atom stereocenters. The molecule has 12 heteroatoms. The van der Waals surface area contributed by atoms with Crippen LogP contribution >= 0.6 is 0 Å². The number of allylic oxidation sites excluding steroid dienone is 1. The quantitative estimate of drug-likeness (QED) is 0.148. The average molecular weight is 661 g/mol. The lowest BCUT2D eigenvalue weighted by molar-refractivity contribution is -0.114. The molecular formula is C37H37FN8O3. The minimum atomic E-state index is -0.529. The van der Waals surface area contributed by atoms with E-state index in [1.807, 2.05) is 41.3 Å². The summed E-state index contributed by atoms with van der Waals surface area (Å²) in [5, 5.41) is 13.8. The first-order chi connectivity index (χ1) is 23.9. The number of hydrogen-bond donors (Lipinski definition) is 3. The largest absolute Gasteiger partial charge is 0.378 e. The van der Waals surface area contributed by atoms with E-state index >= 15 is 4.39 Å². The van der Waals surface area contributed by atoms with Crippen molar-refractivity contribution >= 4 is 51.4 Å². The first-order valence-electron chi connectivity index (χ1n) is 16.5. The minimum Gasteiger partial charge on any atom is -0.378 e. The van der Waals surface area contributed by atoms with E-state index in [0.717, 1.165) is 30.0 Å². The predicted octanol–water partition coefficient (Wildman–Crippen LogP) is 6.28. The molecule has 3 aromatic carbocycles. The lowest BCUT2D eigenvalue weighted by atomic mass is 10.0. The van der Waals surface area contributed by atoms with Crippen LogP contribution in [0.5, 0.6) is 0 Å². The number of piperidine rings is 1. The smallest absolute Gasteiger partial charge is 0.274 e. The Kier molecular flexibility index (Phi) is 9.29. The Labute approximate surface area is 283 Å². The molecule has 4 heterocycles. The third kappa shape index (κ3) is 7.14. The lowest BCUT2D eigenvalue weighted by Crippen LogP contribution is -2.36. The normalized spacial score (nSPS) is 14.9. The summed E-state index contributed by atoms with van der Waals surface area (Å²) in [6.07, 6.45) is 5.05. The third-order valence-corrected chi connectivity index (χ3v) is 8.83. The number of ketones is 1. The topological polar surface area (TPSA) is 128 Å². The molecule has 49 heavy (non-hydrogen) atoms. The molecule has 0 atom stereocenters. The van der Waals surface area contributed by atoms with Crippen molar-refractivity contribution in [2.75, 3.05) is 59.8 Å². The van der Waals surface area contributed by atoms with Crippen LogP contribution in [0, 0.1) is 5.82 Å². The number of nitrogens with one attached hydrogen (secondary N) is 3. The Bertz CT molecular complexity index is 2020. The van der Waals surface area contributed by atoms with Crippen LogP contribution in [0.1, 0.15) is 35.3 Å². The summed E-state index contributed by atoms with van der Waals surface area (Å²) >= 11 is 0. The van der Waals surface area contributed by atoms with Gasteiger partial charge in [-0.05, 0) is 73.4 Å². The van der Waals surface area contributed by atoms with Crippen LogP contribution in [0.25, 0.3) is 22.3 Å². The summed E-state index contributed by atoms with van der Waals surface area (Å²) in [4.78, 5) is 39.8. The van der Waals surface area contributed by atoms with Crippen LogP contribution in [-0.4, -0.2) is 71.2 Å². The molecule has 1 amide bonds. The van der Waals surface area contributed by atoms with Gasteiger partial charge in [-0.3, -0.25) is 14.7 Å². The van der Waals surface area contributed by atoms with Crippen LogP contribution in [0.15, 0.2) is 79.4 Å². The van der Waals surface area contributed by atoms with E-state index in [4.69, 9.17) is 9.72 Å². The zero-order chi connectivity index (χ0) is 33.7. The Morgan fingerprint density at radius 3 is 2.53 bits per heavy atom. The molecule has 250 valence electrons. The highest BCUT2D eigenvalue weighted by molar-refractivity contribution is 6.14. The second kappa shape index (κ2) is 14.2. The second-order valence-corrected chi connectivity index (χ2v) is 12.2. The Hall–Kier alpha value is -5.62. The molecule has 2 saturated heterocycles. The number of fused-ring (bicyclic) bond motifs is 1. The highest BCUT2D eigenvalue weighted by Crippen LogP contribution is 2.32. The van der Waals surface area contributed by atoms with Gasteiger partial charge in [0.1, 0.15) is 11.5 Å². The maximum atomic E-state index is 15.2. The van der Waals surface area contributed by atoms with Crippen LogP contribution in [0.2, 0.25) is 0 Å². The SMILES string of the molecule is C=CC(=O)Cc1cccc(-c2nc(Nc3cccc(N4CCCCC4)c3)nc3n[nH]c(C(=O)Nc4ccc(N5CCOCC5)c(F)c4)c23)c1. The molecule has 0 aliphatic carbocycles. The summed E-state index contributed by atoms with van der Waals surface area (Å²) in [6, 6.07) is 20.2. The van der Waals surface area contributed by atoms with E-state index in [1.54, 1.807) is 12.1 Å². The number of carbonyl (C=O) groups excluding carboxylic acids is 2. The van der Waals surface area contributed by atoms with Crippen molar-refractivity contribution in [2.45, 2.75) is 25.7 Å². The van der Waals surface area contributed by atoms with Crippen molar-refractivity contribution in [2.24, 2.45) is 0 Å². The number of amides is 1. The number of ether oxygens (including phenoxy) is 1. The number of halogens is 1. The van der Waals surface area contributed by atoms with E-state index in [9.17, 15) is 9.59 Å². The predicted molar refractivity (Wildman–Crippen MR) is 189 cm³/mol. The molecule has 0 radical (unpaired) electrons. The fraction of sp³-hybridized carbons (Fsp3) is 0.270. The zero-order valence-electron chi connectivity index (χ0n) is 27.0. The van der Waals surface area contributed by atoms with Gasteiger partial charge >= 0.3 is 0 Å². The van der Waals surface area contributed by atoms with Crippen molar-refractivity contribution in [3.63, 3.8) is 0 Å². The van der Waals surface area contributed by atoms with E-state index < -0.39 is 11.7 Å². The zero-order valence-corrected chi connectivity index (χ0v) is 27.0. The number of H-pyrrole nitrogens is 1. The van der Waals surface area contributed by atoms with E-state index in [2.05, 4.69) is 49.4 Å². The summed E-state index contributed by atoms with van der Waals surface area (Å²) in [7, 11) is 0.